The van der Waals surface area contributed by atoms with Crippen LogP contribution in [-0.4, -0.2) is 35.7 Å². The SMILES string of the molecule is CC=CC(=O)N(CC(N)=O)CC(N)=O. The van der Waals surface area contributed by atoms with Crippen molar-refractivity contribution in [3.63, 3.8) is 0 Å². The fourth-order valence-corrected chi connectivity index (χ4v) is 0.836. The molecule has 0 aromatic rings. The summed E-state index contributed by atoms with van der Waals surface area (Å²) in [5.74, 6) is -1.85. The molecule has 0 radical (unpaired) electrons. The Morgan fingerprint density at radius 3 is 1.86 bits per heavy atom. The Labute approximate surface area is 81.5 Å². The largest absolute Gasteiger partial charge is 0.368 e. The van der Waals surface area contributed by atoms with Gasteiger partial charge in [0.2, 0.25) is 17.7 Å². The fraction of sp³-hybridized carbons (Fsp3) is 0.375. The Kier molecular flexibility index (Phi) is 4.98. The number of carbonyl (C=O) groups excluding carboxylic acids is 3. The fourth-order valence-electron chi connectivity index (χ4n) is 0.836. The minimum absolute atomic E-state index is 0.313. The second-order valence-corrected chi connectivity index (χ2v) is 2.63. The highest BCUT2D eigenvalue weighted by molar-refractivity contribution is 5.93. The second-order valence-electron chi connectivity index (χ2n) is 2.63. The van der Waals surface area contributed by atoms with Crippen molar-refractivity contribution >= 4 is 17.7 Å². The van der Waals surface area contributed by atoms with Crippen LogP contribution in [0.15, 0.2) is 12.2 Å². The minimum atomic E-state index is -0.691. The van der Waals surface area contributed by atoms with Crippen molar-refractivity contribution in [2.45, 2.75) is 6.92 Å². The van der Waals surface area contributed by atoms with Crippen LogP contribution in [0.2, 0.25) is 0 Å². The third-order valence-corrected chi connectivity index (χ3v) is 1.31. The van der Waals surface area contributed by atoms with E-state index >= 15 is 0 Å². The molecule has 6 heteroatoms. The van der Waals surface area contributed by atoms with Crippen molar-refractivity contribution < 1.29 is 14.4 Å². The molecular formula is C8H13N3O3. The summed E-state index contributed by atoms with van der Waals surface area (Å²) in [5, 5.41) is 0. The molecule has 0 aromatic carbocycles. The highest BCUT2D eigenvalue weighted by Gasteiger charge is 2.14. The lowest BCUT2D eigenvalue weighted by atomic mass is 10.4. The van der Waals surface area contributed by atoms with Crippen LogP contribution in [0.5, 0.6) is 0 Å². The van der Waals surface area contributed by atoms with Crippen LogP contribution in [-0.2, 0) is 14.4 Å². The van der Waals surface area contributed by atoms with Crippen LogP contribution in [0.25, 0.3) is 0 Å². The number of carbonyl (C=O) groups is 3. The topological polar surface area (TPSA) is 106 Å². The quantitative estimate of drug-likeness (QED) is 0.518. The second kappa shape index (κ2) is 5.74. The number of allylic oxidation sites excluding steroid dienone is 1. The zero-order valence-corrected chi connectivity index (χ0v) is 7.90. The van der Waals surface area contributed by atoms with E-state index in [0.29, 0.717) is 0 Å². The first kappa shape index (κ1) is 12.2. The first-order valence-electron chi connectivity index (χ1n) is 3.95. The average molecular weight is 199 g/mol. The number of amides is 3. The Morgan fingerprint density at radius 1 is 1.14 bits per heavy atom. The molecule has 0 aromatic heterocycles. The molecule has 14 heavy (non-hydrogen) atoms. The molecule has 0 heterocycles. The van der Waals surface area contributed by atoms with Gasteiger partial charge in [-0.1, -0.05) is 6.08 Å². The molecule has 6 nitrogen and oxygen atoms in total. The van der Waals surface area contributed by atoms with E-state index in [1.54, 1.807) is 6.92 Å². The van der Waals surface area contributed by atoms with Gasteiger partial charge in [0.05, 0.1) is 0 Å². The van der Waals surface area contributed by atoms with E-state index in [0.717, 1.165) is 4.90 Å². The molecule has 0 aliphatic carbocycles. The Morgan fingerprint density at radius 2 is 1.57 bits per heavy atom. The molecule has 78 valence electrons. The number of nitrogens with zero attached hydrogens (tertiary/aromatic N) is 1. The van der Waals surface area contributed by atoms with Crippen LogP contribution < -0.4 is 11.5 Å². The van der Waals surface area contributed by atoms with Crippen molar-refractivity contribution in [3.05, 3.63) is 12.2 Å². The van der Waals surface area contributed by atoms with Crippen molar-refractivity contribution in [2.24, 2.45) is 11.5 Å². The maximum Gasteiger partial charge on any atom is 0.247 e. The van der Waals surface area contributed by atoms with Gasteiger partial charge in [0, 0.05) is 0 Å². The van der Waals surface area contributed by atoms with E-state index < -0.39 is 17.7 Å². The van der Waals surface area contributed by atoms with Crippen molar-refractivity contribution in [1.82, 2.24) is 4.90 Å². The zero-order valence-electron chi connectivity index (χ0n) is 7.90. The maximum absolute atomic E-state index is 11.2. The van der Waals surface area contributed by atoms with Gasteiger partial charge in [-0.05, 0) is 13.0 Å². The first-order valence-corrected chi connectivity index (χ1v) is 3.95. The normalized spacial score (nSPS) is 10.1. The van der Waals surface area contributed by atoms with Gasteiger partial charge in [-0.15, -0.1) is 0 Å². The molecule has 0 saturated carbocycles. The number of hydrogen-bond donors (Lipinski definition) is 2. The van der Waals surface area contributed by atoms with E-state index in [2.05, 4.69) is 0 Å². The number of primary amides is 2. The molecule has 0 spiro atoms. The number of rotatable bonds is 5. The van der Waals surface area contributed by atoms with Gasteiger partial charge in [0.25, 0.3) is 0 Å². The molecule has 0 saturated heterocycles. The van der Waals surface area contributed by atoms with E-state index in [1.165, 1.54) is 12.2 Å². The summed E-state index contributed by atoms with van der Waals surface area (Å²) in [6.07, 6.45) is 2.73. The minimum Gasteiger partial charge on any atom is -0.368 e. The summed E-state index contributed by atoms with van der Waals surface area (Å²) in [6, 6.07) is 0. The van der Waals surface area contributed by atoms with Gasteiger partial charge in [-0.2, -0.15) is 0 Å². The van der Waals surface area contributed by atoms with Gasteiger partial charge in [-0.3, -0.25) is 14.4 Å². The summed E-state index contributed by atoms with van der Waals surface area (Å²) >= 11 is 0. The number of hydrogen-bond acceptors (Lipinski definition) is 3. The molecule has 0 aliphatic rings. The molecule has 0 rings (SSSR count). The molecule has 3 amide bonds. The highest BCUT2D eigenvalue weighted by Crippen LogP contribution is 1.90. The lowest BCUT2D eigenvalue weighted by molar-refractivity contribution is -0.134. The van der Waals surface area contributed by atoms with Gasteiger partial charge < -0.3 is 16.4 Å². The lowest BCUT2D eigenvalue weighted by Crippen LogP contribution is -2.42. The molecule has 0 aliphatic heterocycles. The van der Waals surface area contributed by atoms with E-state index in [1.807, 2.05) is 0 Å². The predicted octanol–water partition coefficient (Wildman–Crippen LogP) is -1.64. The van der Waals surface area contributed by atoms with Crippen LogP contribution in [0, 0.1) is 0 Å². The monoisotopic (exact) mass is 199 g/mol. The lowest BCUT2D eigenvalue weighted by Gasteiger charge is -2.16. The zero-order chi connectivity index (χ0) is 11.1. The molecular weight excluding hydrogens is 186 g/mol. The third kappa shape index (κ3) is 4.91. The average Bonchev–Trinajstić information content (AvgIpc) is 2.01. The van der Waals surface area contributed by atoms with Crippen LogP contribution in [0.1, 0.15) is 6.92 Å². The van der Waals surface area contributed by atoms with Crippen LogP contribution in [0.4, 0.5) is 0 Å². The molecule has 0 bridgehead atoms. The summed E-state index contributed by atoms with van der Waals surface area (Å²) < 4.78 is 0. The summed E-state index contributed by atoms with van der Waals surface area (Å²) in [6.45, 7) is 1.02. The van der Waals surface area contributed by atoms with Crippen LogP contribution >= 0.6 is 0 Å². The standard InChI is InChI=1S/C8H13N3O3/c1-2-3-8(14)11(4-6(9)12)5-7(10)13/h2-3H,4-5H2,1H3,(H2,9,12)(H2,10,13). The van der Waals surface area contributed by atoms with Crippen molar-refractivity contribution in [2.75, 3.05) is 13.1 Å². The maximum atomic E-state index is 11.2. The summed E-state index contributed by atoms with van der Waals surface area (Å²) in [5.41, 5.74) is 9.79. The Hall–Kier alpha value is -1.85. The Bertz CT molecular complexity index is 257. The van der Waals surface area contributed by atoms with Gasteiger partial charge in [0.15, 0.2) is 0 Å². The summed E-state index contributed by atoms with van der Waals surface area (Å²) in [7, 11) is 0. The van der Waals surface area contributed by atoms with Crippen molar-refractivity contribution in [1.29, 1.82) is 0 Å². The summed E-state index contributed by atoms with van der Waals surface area (Å²) in [4.78, 5) is 33.3. The first-order chi connectivity index (χ1) is 6.47. The third-order valence-electron chi connectivity index (χ3n) is 1.31. The predicted molar refractivity (Wildman–Crippen MR) is 49.8 cm³/mol. The molecule has 0 atom stereocenters. The Balaban J connectivity index is 4.45. The van der Waals surface area contributed by atoms with Crippen molar-refractivity contribution in [3.8, 4) is 0 Å². The highest BCUT2D eigenvalue weighted by atomic mass is 16.2. The molecule has 0 unspecified atom stereocenters. The molecule has 4 N–H and O–H groups in total. The van der Waals surface area contributed by atoms with E-state index in [4.69, 9.17) is 11.5 Å². The van der Waals surface area contributed by atoms with Gasteiger partial charge >= 0.3 is 0 Å². The molecule has 0 fully saturated rings. The van der Waals surface area contributed by atoms with Gasteiger partial charge in [0.1, 0.15) is 13.1 Å². The van der Waals surface area contributed by atoms with Gasteiger partial charge in [-0.25, -0.2) is 0 Å². The van der Waals surface area contributed by atoms with Crippen LogP contribution in [0.3, 0.4) is 0 Å². The smallest absolute Gasteiger partial charge is 0.247 e. The number of nitrogens with two attached hydrogens (primary N) is 2. The van der Waals surface area contributed by atoms with E-state index in [-0.39, 0.29) is 13.1 Å². The van der Waals surface area contributed by atoms with E-state index in [9.17, 15) is 14.4 Å².